The van der Waals surface area contributed by atoms with Crippen LogP contribution in [0.5, 0.6) is 0 Å². The van der Waals surface area contributed by atoms with E-state index in [9.17, 15) is 4.79 Å². The molecule has 1 aliphatic rings. The fourth-order valence-electron chi connectivity index (χ4n) is 1.70. The molecule has 2 unspecified atom stereocenters. The van der Waals surface area contributed by atoms with Crippen LogP contribution in [0.25, 0.3) is 0 Å². The minimum absolute atomic E-state index is 0.0430. The number of carbonyl (C=O) groups excluding carboxylic acids is 1. The number of rotatable bonds is 4. The number of esters is 1. The van der Waals surface area contributed by atoms with Gasteiger partial charge in [0.2, 0.25) is 0 Å². The van der Waals surface area contributed by atoms with Crippen LogP contribution < -0.4 is 0 Å². The summed E-state index contributed by atoms with van der Waals surface area (Å²) in [6.45, 7) is 6.44. The Labute approximate surface area is 84.4 Å². The molecular formula is C10H18O2S. The van der Waals surface area contributed by atoms with Crippen LogP contribution in [0.2, 0.25) is 0 Å². The molecule has 1 rings (SSSR count). The van der Waals surface area contributed by atoms with Crippen LogP contribution in [-0.2, 0) is 9.53 Å². The summed E-state index contributed by atoms with van der Waals surface area (Å²) < 4.78 is 4.77. The summed E-state index contributed by atoms with van der Waals surface area (Å²) in [4.78, 5) is 11.3. The molecule has 2 atom stereocenters. The highest BCUT2D eigenvalue weighted by molar-refractivity contribution is 8.00. The van der Waals surface area contributed by atoms with Crippen LogP contribution in [0.3, 0.4) is 0 Å². The molecule has 3 heteroatoms. The van der Waals surface area contributed by atoms with Gasteiger partial charge in [0.25, 0.3) is 0 Å². The fraction of sp³-hybridized carbons (Fsp3) is 0.900. The SMILES string of the molecule is CCCSC1C(C(=O)OC)C1(C)C. The van der Waals surface area contributed by atoms with Crippen molar-refractivity contribution < 1.29 is 9.53 Å². The first-order chi connectivity index (χ1) is 6.05. The molecule has 0 aromatic carbocycles. The van der Waals surface area contributed by atoms with E-state index >= 15 is 0 Å². The highest BCUT2D eigenvalue weighted by atomic mass is 32.2. The number of carbonyl (C=O) groups is 1. The summed E-state index contributed by atoms with van der Waals surface area (Å²) >= 11 is 1.90. The molecule has 0 bridgehead atoms. The van der Waals surface area contributed by atoms with Gasteiger partial charge < -0.3 is 4.74 Å². The van der Waals surface area contributed by atoms with E-state index in [1.807, 2.05) is 11.8 Å². The van der Waals surface area contributed by atoms with Crippen molar-refractivity contribution >= 4 is 17.7 Å². The van der Waals surface area contributed by atoms with Crippen molar-refractivity contribution in [1.29, 1.82) is 0 Å². The van der Waals surface area contributed by atoms with Gasteiger partial charge in [0.05, 0.1) is 13.0 Å². The molecule has 2 nitrogen and oxygen atoms in total. The number of methoxy groups -OCH3 is 1. The number of hydrogen-bond donors (Lipinski definition) is 0. The lowest BCUT2D eigenvalue weighted by Crippen LogP contribution is -2.07. The second-order valence-corrected chi connectivity index (χ2v) is 5.36. The van der Waals surface area contributed by atoms with Crippen molar-refractivity contribution in [2.24, 2.45) is 11.3 Å². The van der Waals surface area contributed by atoms with Crippen LogP contribution in [0.1, 0.15) is 27.2 Å². The van der Waals surface area contributed by atoms with Crippen LogP contribution in [0.15, 0.2) is 0 Å². The highest BCUT2D eigenvalue weighted by Gasteiger charge is 2.62. The molecule has 0 aliphatic heterocycles. The summed E-state index contributed by atoms with van der Waals surface area (Å²) in [5.41, 5.74) is 0.146. The average Bonchev–Trinajstić information content (AvgIpc) is 2.63. The van der Waals surface area contributed by atoms with Crippen LogP contribution in [0, 0.1) is 11.3 Å². The van der Waals surface area contributed by atoms with E-state index in [0.29, 0.717) is 5.25 Å². The zero-order chi connectivity index (χ0) is 10.1. The van der Waals surface area contributed by atoms with Gasteiger partial charge in [-0.15, -0.1) is 0 Å². The summed E-state index contributed by atoms with van der Waals surface area (Å²) in [6, 6.07) is 0. The molecule has 0 aromatic heterocycles. The van der Waals surface area contributed by atoms with Gasteiger partial charge in [0.1, 0.15) is 0 Å². The molecule has 0 radical (unpaired) electrons. The number of ether oxygens (including phenoxy) is 1. The van der Waals surface area contributed by atoms with E-state index < -0.39 is 0 Å². The van der Waals surface area contributed by atoms with Gasteiger partial charge in [-0.1, -0.05) is 20.8 Å². The Morgan fingerprint density at radius 2 is 2.15 bits per heavy atom. The third-order valence-electron chi connectivity index (χ3n) is 2.69. The molecule has 76 valence electrons. The third kappa shape index (κ3) is 2.01. The predicted molar refractivity (Wildman–Crippen MR) is 55.8 cm³/mol. The molecule has 1 saturated carbocycles. The van der Waals surface area contributed by atoms with Crippen molar-refractivity contribution in [3.8, 4) is 0 Å². The Kier molecular flexibility index (Phi) is 3.28. The van der Waals surface area contributed by atoms with Gasteiger partial charge in [-0.25, -0.2) is 0 Å². The van der Waals surface area contributed by atoms with Crippen LogP contribution in [-0.4, -0.2) is 24.1 Å². The summed E-state index contributed by atoms with van der Waals surface area (Å²) in [7, 11) is 1.47. The van der Waals surface area contributed by atoms with Crippen LogP contribution >= 0.6 is 11.8 Å². The second kappa shape index (κ2) is 3.91. The van der Waals surface area contributed by atoms with E-state index in [-0.39, 0.29) is 17.3 Å². The van der Waals surface area contributed by atoms with E-state index in [2.05, 4.69) is 20.8 Å². The maximum atomic E-state index is 11.3. The predicted octanol–water partition coefficient (Wildman–Crippen LogP) is 2.33. The van der Waals surface area contributed by atoms with Gasteiger partial charge >= 0.3 is 5.97 Å². The Morgan fingerprint density at radius 3 is 2.62 bits per heavy atom. The van der Waals surface area contributed by atoms with Crippen molar-refractivity contribution in [2.45, 2.75) is 32.4 Å². The molecular weight excluding hydrogens is 184 g/mol. The lowest BCUT2D eigenvalue weighted by Gasteiger charge is -1.99. The van der Waals surface area contributed by atoms with Crippen molar-refractivity contribution in [3.05, 3.63) is 0 Å². The maximum absolute atomic E-state index is 11.3. The molecule has 1 fully saturated rings. The molecule has 0 saturated heterocycles. The molecule has 0 amide bonds. The minimum Gasteiger partial charge on any atom is -0.469 e. The second-order valence-electron chi connectivity index (χ2n) is 4.11. The Morgan fingerprint density at radius 1 is 1.54 bits per heavy atom. The number of hydrogen-bond acceptors (Lipinski definition) is 3. The number of thioether (sulfide) groups is 1. The zero-order valence-corrected chi connectivity index (χ0v) is 9.61. The normalized spacial score (nSPS) is 29.8. The van der Waals surface area contributed by atoms with Crippen molar-refractivity contribution in [1.82, 2.24) is 0 Å². The molecule has 0 N–H and O–H groups in total. The van der Waals surface area contributed by atoms with Gasteiger partial charge in [-0.2, -0.15) is 11.8 Å². The average molecular weight is 202 g/mol. The van der Waals surface area contributed by atoms with E-state index in [4.69, 9.17) is 4.74 Å². The highest BCUT2D eigenvalue weighted by Crippen LogP contribution is 2.59. The first kappa shape index (κ1) is 10.9. The molecule has 13 heavy (non-hydrogen) atoms. The third-order valence-corrected chi connectivity index (χ3v) is 4.57. The Hall–Kier alpha value is -0.180. The van der Waals surface area contributed by atoms with E-state index in [1.54, 1.807) is 0 Å². The Bertz CT molecular complexity index is 201. The Balaban J connectivity index is 2.46. The van der Waals surface area contributed by atoms with Crippen molar-refractivity contribution in [2.75, 3.05) is 12.9 Å². The lowest BCUT2D eigenvalue weighted by atomic mass is 10.1. The first-order valence-electron chi connectivity index (χ1n) is 4.75. The summed E-state index contributed by atoms with van der Waals surface area (Å²) in [6.07, 6.45) is 1.17. The first-order valence-corrected chi connectivity index (χ1v) is 5.80. The maximum Gasteiger partial charge on any atom is 0.310 e. The van der Waals surface area contributed by atoms with Gasteiger partial charge in [0, 0.05) is 5.25 Å². The largest absolute Gasteiger partial charge is 0.469 e. The zero-order valence-electron chi connectivity index (χ0n) is 8.79. The van der Waals surface area contributed by atoms with Gasteiger partial charge in [0.15, 0.2) is 0 Å². The van der Waals surface area contributed by atoms with Gasteiger partial charge in [-0.3, -0.25) is 4.79 Å². The smallest absolute Gasteiger partial charge is 0.310 e. The summed E-state index contributed by atoms with van der Waals surface area (Å²) in [5.74, 6) is 1.22. The molecule has 0 heterocycles. The van der Waals surface area contributed by atoms with E-state index in [1.165, 1.54) is 13.5 Å². The molecule has 0 aromatic rings. The summed E-state index contributed by atoms with van der Waals surface area (Å²) in [5, 5.41) is 0.472. The lowest BCUT2D eigenvalue weighted by molar-refractivity contribution is -0.142. The molecule has 1 aliphatic carbocycles. The topological polar surface area (TPSA) is 26.3 Å². The standard InChI is InChI=1S/C10H18O2S/c1-5-6-13-8-7(9(11)12-4)10(8,2)3/h7-8H,5-6H2,1-4H3. The van der Waals surface area contributed by atoms with E-state index in [0.717, 1.165) is 5.75 Å². The van der Waals surface area contributed by atoms with Crippen LogP contribution in [0.4, 0.5) is 0 Å². The quantitative estimate of drug-likeness (QED) is 0.654. The van der Waals surface area contributed by atoms with Crippen molar-refractivity contribution in [3.63, 3.8) is 0 Å². The molecule has 0 spiro atoms. The minimum atomic E-state index is -0.0430. The monoisotopic (exact) mass is 202 g/mol. The fourth-order valence-corrected chi connectivity index (χ4v) is 3.34. The van der Waals surface area contributed by atoms with Gasteiger partial charge in [-0.05, 0) is 17.6 Å².